The first-order chi connectivity index (χ1) is 6.65. The third kappa shape index (κ3) is 2.29. The summed E-state index contributed by atoms with van der Waals surface area (Å²) in [5.41, 5.74) is 0. The van der Waals surface area contributed by atoms with Gasteiger partial charge in [0.05, 0.1) is 0 Å². The van der Waals surface area contributed by atoms with Gasteiger partial charge in [0.15, 0.2) is 0 Å². The molecule has 2 heterocycles. The number of fused-ring (bicyclic) bond motifs is 2. The molecule has 0 amide bonds. The second-order valence-electron chi connectivity index (χ2n) is 5.67. The number of nitrogens with one attached hydrogen (secondary N) is 1. The lowest BCUT2D eigenvalue weighted by molar-refractivity contribution is 0.0654. The van der Waals surface area contributed by atoms with Crippen LogP contribution in [-0.4, -0.2) is 37.1 Å². The summed E-state index contributed by atoms with van der Waals surface area (Å²) in [7, 11) is 0. The zero-order chi connectivity index (χ0) is 10.1. The van der Waals surface area contributed by atoms with Gasteiger partial charge in [-0.1, -0.05) is 13.8 Å². The Hall–Kier alpha value is -0.0800. The summed E-state index contributed by atoms with van der Waals surface area (Å²) in [5.74, 6) is 2.64. The first kappa shape index (κ1) is 10.4. The lowest BCUT2D eigenvalue weighted by Crippen LogP contribution is -2.55. The zero-order valence-electron chi connectivity index (χ0n) is 9.79. The molecule has 0 radical (unpaired) electrons. The van der Waals surface area contributed by atoms with Crippen molar-refractivity contribution in [3.8, 4) is 0 Å². The predicted octanol–water partition coefficient (Wildman–Crippen LogP) is 1.57. The van der Waals surface area contributed by atoms with Crippen LogP contribution in [0.1, 0.15) is 27.2 Å². The molecule has 0 aromatic rings. The van der Waals surface area contributed by atoms with Gasteiger partial charge < -0.3 is 10.2 Å². The van der Waals surface area contributed by atoms with Gasteiger partial charge in [-0.3, -0.25) is 0 Å². The maximum atomic E-state index is 3.63. The Morgan fingerprint density at radius 3 is 2.86 bits per heavy atom. The molecule has 2 bridgehead atoms. The smallest absolute Gasteiger partial charge is 0.00794 e. The van der Waals surface area contributed by atoms with Crippen LogP contribution in [-0.2, 0) is 0 Å². The Balaban J connectivity index is 1.91. The molecule has 1 N–H and O–H groups in total. The Labute approximate surface area is 88.1 Å². The van der Waals surface area contributed by atoms with E-state index in [4.69, 9.17) is 0 Å². The van der Waals surface area contributed by atoms with Crippen LogP contribution in [0, 0.1) is 17.8 Å². The molecule has 3 atom stereocenters. The van der Waals surface area contributed by atoms with Gasteiger partial charge in [0, 0.05) is 25.7 Å². The molecule has 2 heteroatoms. The van der Waals surface area contributed by atoms with E-state index in [-0.39, 0.29) is 0 Å². The third-order valence-electron chi connectivity index (χ3n) is 3.70. The van der Waals surface area contributed by atoms with E-state index < -0.39 is 0 Å². The summed E-state index contributed by atoms with van der Waals surface area (Å²) in [4.78, 5) is 2.68. The molecule has 2 fully saturated rings. The number of hydrogen-bond acceptors (Lipinski definition) is 2. The highest BCUT2D eigenvalue weighted by Gasteiger charge is 2.34. The molecule has 0 saturated carbocycles. The second-order valence-corrected chi connectivity index (χ2v) is 5.67. The summed E-state index contributed by atoms with van der Waals surface area (Å²) >= 11 is 0. The van der Waals surface area contributed by atoms with Gasteiger partial charge in [0.1, 0.15) is 0 Å². The molecular formula is C12H24N2. The van der Waals surface area contributed by atoms with Crippen molar-refractivity contribution in [1.29, 1.82) is 0 Å². The SMILES string of the molecule is CC(C)CN1CC2CNC(C)C(C2)C1. The van der Waals surface area contributed by atoms with Crippen LogP contribution in [0.5, 0.6) is 0 Å². The van der Waals surface area contributed by atoms with Gasteiger partial charge in [0.25, 0.3) is 0 Å². The van der Waals surface area contributed by atoms with Gasteiger partial charge in [-0.25, -0.2) is 0 Å². The molecule has 82 valence electrons. The molecule has 2 rings (SSSR count). The van der Waals surface area contributed by atoms with Gasteiger partial charge in [-0.15, -0.1) is 0 Å². The van der Waals surface area contributed by atoms with E-state index >= 15 is 0 Å². The molecule has 3 unspecified atom stereocenters. The Bertz CT molecular complexity index is 191. The quantitative estimate of drug-likeness (QED) is 0.721. The van der Waals surface area contributed by atoms with Gasteiger partial charge in [-0.2, -0.15) is 0 Å². The average molecular weight is 196 g/mol. The fourth-order valence-electron chi connectivity index (χ4n) is 3.04. The van der Waals surface area contributed by atoms with Crippen molar-refractivity contribution >= 4 is 0 Å². The highest BCUT2D eigenvalue weighted by molar-refractivity contribution is 4.90. The van der Waals surface area contributed by atoms with Crippen molar-refractivity contribution in [2.45, 2.75) is 33.2 Å². The molecule has 2 aliphatic rings. The molecule has 0 spiro atoms. The number of hydrogen-bond donors (Lipinski definition) is 1. The van der Waals surface area contributed by atoms with Crippen molar-refractivity contribution in [2.24, 2.45) is 17.8 Å². The van der Waals surface area contributed by atoms with Crippen molar-refractivity contribution in [2.75, 3.05) is 26.2 Å². The van der Waals surface area contributed by atoms with Crippen LogP contribution < -0.4 is 5.32 Å². The zero-order valence-corrected chi connectivity index (χ0v) is 9.79. The third-order valence-corrected chi connectivity index (χ3v) is 3.70. The van der Waals surface area contributed by atoms with Crippen LogP contribution in [0.2, 0.25) is 0 Å². The van der Waals surface area contributed by atoms with E-state index in [1.807, 2.05) is 0 Å². The van der Waals surface area contributed by atoms with Crippen LogP contribution in [0.15, 0.2) is 0 Å². The largest absolute Gasteiger partial charge is 0.314 e. The lowest BCUT2D eigenvalue weighted by Gasteiger charge is -2.45. The minimum absolute atomic E-state index is 0.737. The monoisotopic (exact) mass is 196 g/mol. The average Bonchev–Trinajstić information content (AvgIpc) is 2.11. The lowest BCUT2D eigenvalue weighted by atomic mass is 9.81. The first-order valence-electron chi connectivity index (χ1n) is 6.11. The van der Waals surface area contributed by atoms with Gasteiger partial charge in [0.2, 0.25) is 0 Å². The highest BCUT2D eigenvalue weighted by Crippen LogP contribution is 2.28. The van der Waals surface area contributed by atoms with E-state index in [1.54, 1.807) is 0 Å². The Morgan fingerprint density at radius 1 is 1.36 bits per heavy atom. The Morgan fingerprint density at radius 2 is 2.14 bits per heavy atom. The standard InChI is InChI=1S/C12H24N2/c1-9(2)6-14-7-11-4-12(8-14)10(3)13-5-11/h9-13H,4-8H2,1-3H3. The van der Waals surface area contributed by atoms with E-state index in [0.29, 0.717) is 0 Å². The molecule has 0 aromatic heterocycles. The number of piperidine rings is 2. The predicted molar refractivity (Wildman–Crippen MR) is 60.3 cm³/mol. The number of likely N-dealkylation sites (tertiary alicyclic amines) is 1. The molecule has 0 aromatic carbocycles. The molecule has 14 heavy (non-hydrogen) atoms. The van der Waals surface area contributed by atoms with Crippen LogP contribution >= 0.6 is 0 Å². The maximum Gasteiger partial charge on any atom is 0.00794 e. The van der Waals surface area contributed by atoms with Crippen LogP contribution in [0.4, 0.5) is 0 Å². The molecule has 2 aliphatic heterocycles. The fraction of sp³-hybridized carbons (Fsp3) is 1.00. The summed E-state index contributed by atoms with van der Waals surface area (Å²) in [6.07, 6.45) is 1.46. The van der Waals surface area contributed by atoms with E-state index in [1.165, 1.54) is 32.6 Å². The summed E-state index contributed by atoms with van der Waals surface area (Å²) in [6.45, 7) is 12.2. The normalized spacial score (nSPS) is 39.0. The summed E-state index contributed by atoms with van der Waals surface area (Å²) < 4.78 is 0. The van der Waals surface area contributed by atoms with Gasteiger partial charge in [-0.05, 0) is 37.6 Å². The van der Waals surface area contributed by atoms with Crippen molar-refractivity contribution in [3.05, 3.63) is 0 Å². The molecular weight excluding hydrogens is 172 g/mol. The number of rotatable bonds is 2. The number of nitrogens with zero attached hydrogens (tertiary/aromatic N) is 1. The van der Waals surface area contributed by atoms with E-state index in [0.717, 1.165) is 23.8 Å². The first-order valence-corrected chi connectivity index (χ1v) is 6.11. The van der Waals surface area contributed by atoms with Gasteiger partial charge >= 0.3 is 0 Å². The Kier molecular flexibility index (Phi) is 3.13. The van der Waals surface area contributed by atoms with E-state index in [9.17, 15) is 0 Å². The van der Waals surface area contributed by atoms with Crippen molar-refractivity contribution in [3.63, 3.8) is 0 Å². The van der Waals surface area contributed by atoms with Crippen LogP contribution in [0.25, 0.3) is 0 Å². The van der Waals surface area contributed by atoms with Crippen molar-refractivity contribution in [1.82, 2.24) is 10.2 Å². The second kappa shape index (κ2) is 4.19. The van der Waals surface area contributed by atoms with Crippen LogP contribution in [0.3, 0.4) is 0 Å². The summed E-state index contributed by atoms with van der Waals surface area (Å²) in [5, 5.41) is 3.63. The molecule has 2 nitrogen and oxygen atoms in total. The minimum atomic E-state index is 0.737. The fourth-order valence-corrected chi connectivity index (χ4v) is 3.04. The van der Waals surface area contributed by atoms with E-state index in [2.05, 4.69) is 31.0 Å². The van der Waals surface area contributed by atoms with Crippen molar-refractivity contribution < 1.29 is 0 Å². The minimum Gasteiger partial charge on any atom is -0.314 e. The maximum absolute atomic E-state index is 3.63. The molecule has 0 aliphatic carbocycles. The molecule has 2 saturated heterocycles. The topological polar surface area (TPSA) is 15.3 Å². The summed E-state index contributed by atoms with van der Waals surface area (Å²) in [6, 6.07) is 0.737. The highest BCUT2D eigenvalue weighted by atomic mass is 15.2.